The molecule has 0 aromatic heterocycles. The van der Waals surface area contributed by atoms with Crippen LogP contribution in [0.2, 0.25) is 5.02 Å². The van der Waals surface area contributed by atoms with Gasteiger partial charge in [0.25, 0.3) is 5.91 Å². The monoisotopic (exact) mass is 303 g/mol. The Kier molecular flexibility index (Phi) is 4.45. The molecule has 6 heteroatoms. The van der Waals surface area contributed by atoms with Crippen LogP contribution in [0.3, 0.4) is 0 Å². The Hall–Kier alpha value is -2.53. The fourth-order valence-electron chi connectivity index (χ4n) is 1.82. The van der Waals surface area contributed by atoms with Crippen LogP contribution >= 0.6 is 11.6 Å². The van der Waals surface area contributed by atoms with E-state index >= 15 is 0 Å². The highest BCUT2D eigenvalue weighted by atomic mass is 35.5. The fraction of sp³-hybridized carbons (Fsp3) is 0.0667. The van der Waals surface area contributed by atoms with Crippen LogP contribution in [-0.2, 0) is 0 Å². The first kappa shape index (κ1) is 14.9. The largest absolute Gasteiger partial charge is 0.409 e. The van der Waals surface area contributed by atoms with Gasteiger partial charge < -0.3 is 15.8 Å². The lowest BCUT2D eigenvalue weighted by Crippen LogP contribution is -2.26. The van der Waals surface area contributed by atoms with Crippen LogP contribution in [-0.4, -0.2) is 24.0 Å². The van der Waals surface area contributed by atoms with Crippen LogP contribution in [0.15, 0.2) is 53.7 Å². The van der Waals surface area contributed by atoms with E-state index < -0.39 is 0 Å². The molecule has 0 aliphatic rings. The van der Waals surface area contributed by atoms with E-state index in [1.54, 1.807) is 55.6 Å². The van der Waals surface area contributed by atoms with Crippen LogP contribution in [0.1, 0.15) is 15.9 Å². The van der Waals surface area contributed by atoms with Crippen LogP contribution < -0.4 is 10.6 Å². The normalized spacial score (nSPS) is 11.2. The second-order valence-electron chi connectivity index (χ2n) is 4.40. The summed E-state index contributed by atoms with van der Waals surface area (Å²) >= 11 is 5.81. The zero-order valence-corrected chi connectivity index (χ0v) is 12.1. The Bertz CT molecular complexity index is 666. The van der Waals surface area contributed by atoms with Crippen molar-refractivity contribution in [1.82, 2.24) is 0 Å². The second kappa shape index (κ2) is 6.28. The molecule has 5 nitrogen and oxygen atoms in total. The van der Waals surface area contributed by atoms with Crippen LogP contribution in [0, 0.1) is 0 Å². The van der Waals surface area contributed by atoms with Crippen molar-refractivity contribution in [3.63, 3.8) is 0 Å². The van der Waals surface area contributed by atoms with E-state index in [-0.39, 0.29) is 11.7 Å². The predicted molar refractivity (Wildman–Crippen MR) is 83.1 cm³/mol. The highest BCUT2D eigenvalue weighted by Gasteiger charge is 2.13. The number of nitrogens with two attached hydrogens (primary N) is 1. The molecule has 108 valence electrons. The molecule has 2 rings (SSSR count). The molecule has 3 N–H and O–H groups in total. The number of halogens is 1. The summed E-state index contributed by atoms with van der Waals surface area (Å²) in [6.45, 7) is 0. The van der Waals surface area contributed by atoms with Crippen LogP contribution in [0.25, 0.3) is 0 Å². The minimum atomic E-state index is -0.150. The number of benzene rings is 2. The molecule has 0 saturated carbocycles. The number of hydrogen-bond acceptors (Lipinski definition) is 3. The maximum atomic E-state index is 12.3. The first-order valence-corrected chi connectivity index (χ1v) is 6.52. The fourth-order valence-corrected chi connectivity index (χ4v) is 1.94. The number of amides is 1. The Morgan fingerprint density at radius 3 is 2.14 bits per heavy atom. The number of hydrogen-bond donors (Lipinski definition) is 2. The molecule has 21 heavy (non-hydrogen) atoms. The molecule has 2 aromatic rings. The Labute approximate surface area is 127 Å². The van der Waals surface area contributed by atoms with Gasteiger partial charge in [-0.05, 0) is 48.5 Å². The van der Waals surface area contributed by atoms with Crippen molar-refractivity contribution in [1.29, 1.82) is 0 Å². The molecule has 0 radical (unpaired) electrons. The lowest BCUT2D eigenvalue weighted by molar-refractivity contribution is 0.0993. The smallest absolute Gasteiger partial charge is 0.258 e. The van der Waals surface area contributed by atoms with E-state index in [9.17, 15) is 4.79 Å². The summed E-state index contributed by atoms with van der Waals surface area (Å²) in [6.07, 6.45) is 0. The zero-order chi connectivity index (χ0) is 15.4. The van der Waals surface area contributed by atoms with Crippen molar-refractivity contribution in [3.05, 3.63) is 64.7 Å². The summed E-state index contributed by atoms with van der Waals surface area (Å²) in [7, 11) is 1.68. The minimum Gasteiger partial charge on any atom is -0.409 e. The number of carbonyl (C=O) groups excluding carboxylic acids is 1. The van der Waals surface area contributed by atoms with E-state index in [1.807, 2.05) is 0 Å². The number of anilines is 1. The topological polar surface area (TPSA) is 78.9 Å². The Balaban J connectivity index is 2.21. The summed E-state index contributed by atoms with van der Waals surface area (Å²) < 4.78 is 0. The van der Waals surface area contributed by atoms with Gasteiger partial charge in [0.05, 0.1) is 0 Å². The van der Waals surface area contributed by atoms with Gasteiger partial charge in [-0.2, -0.15) is 0 Å². The zero-order valence-electron chi connectivity index (χ0n) is 11.3. The van der Waals surface area contributed by atoms with Gasteiger partial charge in [-0.15, -0.1) is 0 Å². The van der Waals surface area contributed by atoms with E-state index in [0.717, 1.165) is 0 Å². The van der Waals surface area contributed by atoms with E-state index in [1.165, 1.54) is 4.90 Å². The standard InChI is InChI=1S/C15H14ClN3O2/c1-19(15(20)11-2-6-12(16)7-3-11)13-8-4-10(5-9-13)14(17)18-21/h2-9,21H,1H3,(H2,17,18). The third-order valence-corrected chi connectivity index (χ3v) is 3.31. The molecule has 0 aliphatic carbocycles. The van der Waals surface area contributed by atoms with Gasteiger partial charge >= 0.3 is 0 Å². The highest BCUT2D eigenvalue weighted by molar-refractivity contribution is 6.30. The van der Waals surface area contributed by atoms with Gasteiger partial charge in [-0.1, -0.05) is 16.8 Å². The molecule has 1 amide bonds. The van der Waals surface area contributed by atoms with Crippen LogP contribution in [0.5, 0.6) is 0 Å². The Morgan fingerprint density at radius 2 is 1.62 bits per heavy atom. The van der Waals surface area contributed by atoms with Gasteiger partial charge in [0.15, 0.2) is 5.84 Å². The molecule has 0 unspecified atom stereocenters. The van der Waals surface area contributed by atoms with E-state index in [4.69, 9.17) is 22.5 Å². The van der Waals surface area contributed by atoms with Gasteiger partial charge in [-0.3, -0.25) is 4.79 Å². The van der Waals surface area contributed by atoms with Gasteiger partial charge in [0.1, 0.15) is 0 Å². The number of oxime groups is 1. The molecule has 0 bridgehead atoms. The quantitative estimate of drug-likeness (QED) is 0.396. The van der Waals surface area contributed by atoms with Gasteiger partial charge in [0.2, 0.25) is 0 Å². The summed E-state index contributed by atoms with van der Waals surface area (Å²) in [5, 5.41) is 12.1. The average molecular weight is 304 g/mol. The maximum Gasteiger partial charge on any atom is 0.258 e. The Morgan fingerprint density at radius 1 is 1.10 bits per heavy atom. The van der Waals surface area contributed by atoms with Crippen molar-refractivity contribution in [2.75, 3.05) is 11.9 Å². The van der Waals surface area contributed by atoms with Crippen molar-refractivity contribution >= 4 is 29.0 Å². The van der Waals surface area contributed by atoms with Crippen molar-refractivity contribution in [2.45, 2.75) is 0 Å². The maximum absolute atomic E-state index is 12.3. The average Bonchev–Trinajstić information content (AvgIpc) is 2.53. The molecule has 0 saturated heterocycles. The number of carbonyl (C=O) groups is 1. The second-order valence-corrected chi connectivity index (χ2v) is 4.84. The SMILES string of the molecule is CN(C(=O)c1ccc(Cl)cc1)c1ccc(C(N)=NO)cc1. The molecule has 2 aromatic carbocycles. The summed E-state index contributed by atoms with van der Waals surface area (Å²) in [5.74, 6) is -0.128. The van der Waals surface area contributed by atoms with Crippen LogP contribution in [0.4, 0.5) is 5.69 Å². The molecule has 0 spiro atoms. The molecular weight excluding hydrogens is 290 g/mol. The summed E-state index contributed by atoms with van der Waals surface area (Å²) in [6, 6.07) is 13.5. The van der Waals surface area contributed by atoms with Crippen molar-refractivity contribution in [2.24, 2.45) is 10.9 Å². The van der Waals surface area contributed by atoms with E-state index in [2.05, 4.69) is 5.16 Å². The summed E-state index contributed by atoms with van der Waals surface area (Å²) in [5.41, 5.74) is 7.31. The minimum absolute atomic E-state index is 0.0215. The molecular formula is C15H14ClN3O2. The third kappa shape index (κ3) is 3.32. The predicted octanol–water partition coefficient (Wildman–Crippen LogP) is 2.71. The first-order valence-electron chi connectivity index (χ1n) is 6.14. The number of rotatable bonds is 3. The lowest BCUT2D eigenvalue weighted by Gasteiger charge is -2.17. The first-order chi connectivity index (χ1) is 10.0. The third-order valence-electron chi connectivity index (χ3n) is 3.05. The summed E-state index contributed by atoms with van der Waals surface area (Å²) in [4.78, 5) is 13.8. The van der Waals surface area contributed by atoms with Crippen molar-refractivity contribution < 1.29 is 10.0 Å². The number of amidine groups is 1. The molecule has 0 fully saturated rings. The van der Waals surface area contributed by atoms with E-state index in [0.29, 0.717) is 21.8 Å². The molecule has 0 aliphatic heterocycles. The molecule has 0 atom stereocenters. The lowest BCUT2D eigenvalue weighted by atomic mass is 10.1. The molecule has 0 heterocycles. The van der Waals surface area contributed by atoms with Gasteiger partial charge in [-0.25, -0.2) is 0 Å². The van der Waals surface area contributed by atoms with Crippen molar-refractivity contribution in [3.8, 4) is 0 Å². The van der Waals surface area contributed by atoms with Gasteiger partial charge in [0, 0.05) is 28.9 Å². The highest BCUT2D eigenvalue weighted by Crippen LogP contribution is 2.18. The number of nitrogens with zero attached hydrogens (tertiary/aromatic N) is 2.